The number of hydrogen-bond donors (Lipinski definition) is 0. The Kier molecular flexibility index (Phi) is 6.88. The summed E-state index contributed by atoms with van der Waals surface area (Å²) in [6.45, 7) is 1.99. The molecule has 1 saturated heterocycles. The summed E-state index contributed by atoms with van der Waals surface area (Å²) in [6.07, 6.45) is 0.829. The molecule has 0 bridgehead atoms. The lowest BCUT2D eigenvalue weighted by molar-refractivity contribution is -0.136. The van der Waals surface area contributed by atoms with E-state index < -0.39 is 5.92 Å². The Morgan fingerprint density at radius 3 is 2.36 bits per heavy atom. The molecule has 6 nitrogen and oxygen atoms in total. The third-order valence-corrected chi connectivity index (χ3v) is 7.55. The minimum absolute atomic E-state index is 0.0609. The number of ether oxygens (including phenoxy) is 2. The average Bonchev–Trinajstić information content (AvgIpc) is 3.37. The van der Waals surface area contributed by atoms with Crippen molar-refractivity contribution in [2.45, 2.75) is 18.9 Å². The van der Waals surface area contributed by atoms with Crippen molar-refractivity contribution in [2.75, 3.05) is 33.9 Å². The second-order valence-corrected chi connectivity index (χ2v) is 9.75. The lowest BCUT2D eigenvalue weighted by atomic mass is 9.86. The van der Waals surface area contributed by atoms with Crippen LogP contribution in [-0.2, 0) is 17.8 Å². The maximum atomic E-state index is 14.0. The molecule has 0 unspecified atom stereocenters. The van der Waals surface area contributed by atoms with Gasteiger partial charge in [-0.05, 0) is 60.0 Å². The zero-order valence-corrected chi connectivity index (χ0v) is 21.2. The lowest BCUT2D eigenvalue weighted by Crippen LogP contribution is -2.42. The van der Waals surface area contributed by atoms with Gasteiger partial charge in [-0.15, -0.1) is 0 Å². The Labute approximate surface area is 216 Å². The minimum Gasteiger partial charge on any atom is -0.497 e. The highest BCUT2D eigenvalue weighted by atomic mass is 35.5. The summed E-state index contributed by atoms with van der Waals surface area (Å²) in [5, 5.41) is 0.574. The number of nitrogens with zero attached hydrogens (tertiary/aromatic N) is 2. The van der Waals surface area contributed by atoms with Crippen LogP contribution >= 0.6 is 11.6 Å². The first-order chi connectivity index (χ1) is 17.5. The molecule has 1 fully saturated rings. The number of fused-ring (bicyclic) bond motifs is 1. The molecule has 2 aliphatic heterocycles. The summed E-state index contributed by atoms with van der Waals surface area (Å²) in [4.78, 5) is 31.1. The molecule has 7 heteroatoms. The van der Waals surface area contributed by atoms with Crippen molar-refractivity contribution >= 4 is 23.4 Å². The monoisotopic (exact) mass is 504 g/mol. The molecular weight excluding hydrogens is 476 g/mol. The fourth-order valence-corrected chi connectivity index (χ4v) is 5.48. The highest BCUT2D eigenvalue weighted by Crippen LogP contribution is 2.41. The summed E-state index contributed by atoms with van der Waals surface area (Å²) in [7, 11) is 3.24. The van der Waals surface area contributed by atoms with E-state index in [1.54, 1.807) is 43.4 Å². The zero-order chi connectivity index (χ0) is 25.2. The third-order valence-electron chi connectivity index (χ3n) is 7.29. The predicted octanol–water partition coefficient (Wildman–Crippen LogP) is 4.80. The van der Waals surface area contributed by atoms with Gasteiger partial charge < -0.3 is 19.3 Å². The third kappa shape index (κ3) is 4.65. The van der Waals surface area contributed by atoms with Crippen molar-refractivity contribution < 1.29 is 19.1 Å². The van der Waals surface area contributed by atoms with Gasteiger partial charge in [-0.3, -0.25) is 9.59 Å². The van der Waals surface area contributed by atoms with E-state index in [2.05, 4.69) is 12.1 Å². The Morgan fingerprint density at radius 1 is 0.889 bits per heavy atom. The fourth-order valence-electron chi connectivity index (χ4n) is 5.36. The number of halogens is 1. The van der Waals surface area contributed by atoms with Crippen LogP contribution in [0.2, 0.25) is 5.02 Å². The number of methoxy groups -OCH3 is 2. The molecule has 0 N–H and O–H groups in total. The number of amides is 2. The molecule has 0 spiro atoms. The highest BCUT2D eigenvalue weighted by molar-refractivity contribution is 6.30. The molecule has 5 rings (SSSR count). The number of benzene rings is 3. The zero-order valence-electron chi connectivity index (χ0n) is 20.4. The van der Waals surface area contributed by atoms with Crippen LogP contribution in [0.5, 0.6) is 11.5 Å². The first-order valence-corrected chi connectivity index (χ1v) is 12.5. The molecule has 2 heterocycles. The van der Waals surface area contributed by atoms with Crippen LogP contribution in [0.1, 0.15) is 33.0 Å². The first kappa shape index (κ1) is 24.2. The van der Waals surface area contributed by atoms with Crippen LogP contribution in [0.25, 0.3) is 0 Å². The number of likely N-dealkylation sites (tertiary alicyclic amines) is 1. The van der Waals surface area contributed by atoms with Crippen molar-refractivity contribution in [1.82, 2.24) is 9.80 Å². The van der Waals surface area contributed by atoms with E-state index in [4.69, 9.17) is 21.1 Å². The van der Waals surface area contributed by atoms with Crippen molar-refractivity contribution in [2.24, 2.45) is 5.92 Å². The number of hydrogen-bond acceptors (Lipinski definition) is 4. The molecule has 2 aliphatic rings. The van der Waals surface area contributed by atoms with Crippen molar-refractivity contribution in [3.05, 3.63) is 94.0 Å². The van der Waals surface area contributed by atoms with Gasteiger partial charge in [0.1, 0.15) is 11.5 Å². The van der Waals surface area contributed by atoms with Crippen LogP contribution < -0.4 is 9.47 Å². The van der Waals surface area contributed by atoms with Gasteiger partial charge in [0, 0.05) is 48.2 Å². The standard InChI is InChI=1S/C29H29ClN2O4/c1-35-23-11-12-27(36-2)24(15-23)25-17-32(28(33)20-7-9-22(30)10-8-20)18-26(25)29(34)31-14-13-19-5-3-4-6-21(19)16-31/h3-12,15,25-26H,13-14,16-18H2,1-2H3/t25-,26-/m0/s1. The molecule has 3 aromatic rings. The largest absolute Gasteiger partial charge is 0.497 e. The summed E-state index contributed by atoms with van der Waals surface area (Å²) >= 11 is 6.03. The van der Waals surface area contributed by atoms with Crippen molar-refractivity contribution in [1.29, 1.82) is 0 Å². The summed E-state index contributed by atoms with van der Waals surface area (Å²) in [5.74, 6) is 0.696. The van der Waals surface area contributed by atoms with Gasteiger partial charge in [0.15, 0.2) is 0 Å². The molecule has 0 radical (unpaired) electrons. The Balaban J connectivity index is 1.48. The van der Waals surface area contributed by atoms with Gasteiger partial charge in [-0.2, -0.15) is 0 Å². The minimum atomic E-state index is -0.396. The lowest BCUT2D eigenvalue weighted by Gasteiger charge is -2.32. The van der Waals surface area contributed by atoms with Crippen LogP contribution in [0.15, 0.2) is 66.7 Å². The van der Waals surface area contributed by atoms with Gasteiger partial charge in [0.05, 0.1) is 20.1 Å². The highest BCUT2D eigenvalue weighted by Gasteiger charge is 2.43. The summed E-state index contributed by atoms with van der Waals surface area (Å²) < 4.78 is 11.1. The van der Waals surface area contributed by atoms with E-state index in [-0.39, 0.29) is 17.7 Å². The van der Waals surface area contributed by atoms with Gasteiger partial charge in [-0.1, -0.05) is 35.9 Å². The molecule has 3 aromatic carbocycles. The van der Waals surface area contributed by atoms with E-state index in [0.717, 1.165) is 12.0 Å². The van der Waals surface area contributed by atoms with E-state index in [1.807, 2.05) is 35.2 Å². The molecule has 0 aliphatic carbocycles. The fraction of sp³-hybridized carbons (Fsp3) is 0.310. The number of carbonyl (C=O) groups is 2. The van der Waals surface area contributed by atoms with E-state index in [0.29, 0.717) is 48.3 Å². The summed E-state index contributed by atoms with van der Waals surface area (Å²) in [6, 6.07) is 20.8. The van der Waals surface area contributed by atoms with Gasteiger partial charge >= 0.3 is 0 Å². The SMILES string of the molecule is COc1ccc(OC)c([C@@H]2CN(C(=O)c3ccc(Cl)cc3)C[C@@H]2C(=O)N2CCc3ccccc3C2)c1. The molecule has 0 saturated carbocycles. The van der Waals surface area contributed by atoms with E-state index >= 15 is 0 Å². The Bertz CT molecular complexity index is 1280. The Hall–Kier alpha value is -3.51. The van der Waals surface area contributed by atoms with Crippen LogP contribution in [0, 0.1) is 5.92 Å². The quantitative estimate of drug-likeness (QED) is 0.501. The van der Waals surface area contributed by atoms with E-state index in [1.165, 1.54) is 11.1 Å². The molecule has 2 amide bonds. The van der Waals surface area contributed by atoms with Gasteiger partial charge in [0.25, 0.3) is 5.91 Å². The summed E-state index contributed by atoms with van der Waals surface area (Å²) in [5.41, 5.74) is 3.90. The van der Waals surface area contributed by atoms with Crippen molar-refractivity contribution in [3.63, 3.8) is 0 Å². The molecule has 2 atom stereocenters. The maximum absolute atomic E-state index is 14.0. The first-order valence-electron chi connectivity index (χ1n) is 12.1. The molecule has 36 heavy (non-hydrogen) atoms. The van der Waals surface area contributed by atoms with Gasteiger partial charge in [-0.25, -0.2) is 0 Å². The second-order valence-electron chi connectivity index (χ2n) is 9.32. The molecule has 0 aromatic heterocycles. The topological polar surface area (TPSA) is 59.1 Å². The van der Waals surface area contributed by atoms with Crippen LogP contribution in [0.4, 0.5) is 0 Å². The Morgan fingerprint density at radius 2 is 1.64 bits per heavy atom. The smallest absolute Gasteiger partial charge is 0.253 e. The normalized spacial score (nSPS) is 19.1. The van der Waals surface area contributed by atoms with Crippen LogP contribution in [-0.4, -0.2) is 55.5 Å². The average molecular weight is 505 g/mol. The number of rotatable bonds is 5. The maximum Gasteiger partial charge on any atom is 0.253 e. The van der Waals surface area contributed by atoms with Gasteiger partial charge in [0.2, 0.25) is 5.91 Å². The van der Waals surface area contributed by atoms with E-state index in [9.17, 15) is 9.59 Å². The van der Waals surface area contributed by atoms with Crippen molar-refractivity contribution in [3.8, 4) is 11.5 Å². The van der Waals surface area contributed by atoms with Crippen LogP contribution in [0.3, 0.4) is 0 Å². The second kappa shape index (κ2) is 10.2. The molecule has 186 valence electrons. The molecular formula is C29H29ClN2O4. The predicted molar refractivity (Wildman–Crippen MR) is 139 cm³/mol. The number of carbonyl (C=O) groups excluding carboxylic acids is 2.